The predicted octanol–water partition coefficient (Wildman–Crippen LogP) is 3.57. The third-order valence-corrected chi connectivity index (χ3v) is 6.57. The van der Waals surface area contributed by atoms with Gasteiger partial charge in [0, 0.05) is 49.9 Å². The number of rotatable bonds is 7. The van der Waals surface area contributed by atoms with Crippen molar-refractivity contribution < 1.29 is 4.74 Å². The fourth-order valence-corrected chi connectivity index (χ4v) is 4.73. The van der Waals surface area contributed by atoms with Gasteiger partial charge in [0.2, 0.25) is 5.88 Å². The quantitative estimate of drug-likeness (QED) is 0.393. The molecule has 0 radical (unpaired) electrons. The van der Waals surface area contributed by atoms with E-state index < -0.39 is 0 Å². The number of fused-ring (bicyclic) bond motifs is 3. The normalized spacial score (nSPS) is 14.4. The summed E-state index contributed by atoms with van der Waals surface area (Å²) in [4.78, 5) is 26.7. The second-order valence-electron chi connectivity index (χ2n) is 9.29. The van der Waals surface area contributed by atoms with E-state index in [9.17, 15) is 4.79 Å². The van der Waals surface area contributed by atoms with Crippen molar-refractivity contribution in [1.29, 1.82) is 0 Å². The lowest BCUT2D eigenvalue weighted by atomic mass is 10.0. The monoisotopic (exact) mass is 460 g/mol. The number of pyridine rings is 1. The Hall–Kier alpha value is -3.39. The maximum atomic E-state index is 13.2. The highest BCUT2D eigenvalue weighted by molar-refractivity contribution is 6.01. The van der Waals surface area contributed by atoms with Gasteiger partial charge in [0.05, 0.1) is 12.1 Å². The summed E-state index contributed by atoms with van der Waals surface area (Å²) in [5.74, 6) is 0.634. The van der Waals surface area contributed by atoms with Crippen LogP contribution >= 0.6 is 0 Å². The van der Waals surface area contributed by atoms with Gasteiger partial charge in [-0.2, -0.15) is 0 Å². The van der Waals surface area contributed by atoms with Gasteiger partial charge in [0.25, 0.3) is 5.56 Å². The van der Waals surface area contributed by atoms with Crippen LogP contribution in [0.4, 0.5) is 5.69 Å². The van der Waals surface area contributed by atoms with Crippen LogP contribution < -0.4 is 15.2 Å². The number of ether oxygens (including phenoxy) is 1. The van der Waals surface area contributed by atoms with Gasteiger partial charge in [0.1, 0.15) is 17.5 Å². The minimum atomic E-state index is 0.0269. The van der Waals surface area contributed by atoms with Gasteiger partial charge >= 0.3 is 0 Å². The van der Waals surface area contributed by atoms with E-state index in [2.05, 4.69) is 46.0 Å². The number of hydrogen-bond donors (Lipinski definition) is 0. The Morgan fingerprint density at radius 2 is 1.82 bits per heavy atom. The Bertz CT molecular complexity index is 1350. The van der Waals surface area contributed by atoms with Crippen molar-refractivity contribution in [3.63, 3.8) is 0 Å². The molecule has 1 aromatic carbocycles. The lowest BCUT2D eigenvalue weighted by Crippen LogP contribution is -2.33. The fraction of sp³-hybridized carbons (Fsp3) is 0.423. The maximum absolute atomic E-state index is 13.2. The summed E-state index contributed by atoms with van der Waals surface area (Å²) in [6.45, 7) is 3.46. The molecule has 0 unspecified atom stereocenters. The Morgan fingerprint density at radius 3 is 2.56 bits per heavy atom. The molecular weight excluding hydrogens is 428 g/mol. The van der Waals surface area contributed by atoms with Gasteiger partial charge in [-0.15, -0.1) is 0 Å². The molecule has 1 fully saturated rings. The minimum absolute atomic E-state index is 0.0269. The van der Waals surface area contributed by atoms with Crippen molar-refractivity contribution in [3.05, 3.63) is 53.2 Å². The first kappa shape index (κ1) is 22.4. The molecule has 4 heterocycles. The first-order valence-corrected chi connectivity index (χ1v) is 12.0. The largest absolute Gasteiger partial charge is 0.478 e. The van der Waals surface area contributed by atoms with Crippen LogP contribution in [-0.2, 0) is 7.05 Å². The molecule has 0 amide bonds. The molecule has 3 aromatic heterocycles. The second kappa shape index (κ2) is 9.46. The molecule has 0 saturated carbocycles. The summed E-state index contributed by atoms with van der Waals surface area (Å²) >= 11 is 0. The van der Waals surface area contributed by atoms with Crippen LogP contribution in [0.25, 0.3) is 27.5 Å². The molecule has 0 atom stereocenters. The Balaban J connectivity index is 1.51. The number of aromatic nitrogens is 4. The first-order valence-electron chi connectivity index (χ1n) is 12.0. The number of hydrogen-bond acceptors (Lipinski definition) is 6. The van der Waals surface area contributed by atoms with E-state index in [1.54, 1.807) is 18.1 Å². The Morgan fingerprint density at radius 1 is 1.03 bits per heavy atom. The Kier molecular flexibility index (Phi) is 6.24. The zero-order valence-electron chi connectivity index (χ0n) is 20.2. The summed E-state index contributed by atoms with van der Waals surface area (Å²) < 4.78 is 9.31. The van der Waals surface area contributed by atoms with Crippen molar-refractivity contribution in [1.82, 2.24) is 24.1 Å². The summed E-state index contributed by atoms with van der Waals surface area (Å²) in [7, 11) is 5.92. The highest BCUT2D eigenvalue weighted by Crippen LogP contribution is 2.31. The maximum Gasteiger partial charge on any atom is 0.291 e. The smallest absolute Gasteiger partial charge is 0.291 e. The van der Waals surface area contributed by atoms with E-state index in [4.69, 9.17) is 4.74 Å². The molecule has 8 heteroatoms. The van der Waals surface area contributed by atoms with Crippen LogP contribution in [0.5, 0.6) is 5.88 Å². The van der Waals surface area contributed by atoms with Crippen molar-refractivity contribution >= 4 is 22.1 Å². The summed E-state index contributed by atoms with van der Waals surface area (Å²) in [6, 6.07) is 10.2. The van der Waals surface area contributed by atoms with Crippen molar-refractivity contribution in [2.45, 2.75) is 25.7 Å². The van der Waals surface area contributed by atoms with Gasteiger partial charge in [0.15, 0.2) is 0 Å². The standard InChI is InChI=1S/C26H32N6O2/c1-29(2)12-7-15-34-23-11-9-20(17-27-23)19-8-10-22-21(16-19)24-25(31-13-5-4-6-14-31)26(33)30(3)32(24)18-28-22/h8-11,16-18H,4-7,12-15H2,1-3H3. The number of benzene rings is 1. The van der Waals surface area contributed by atoms with E-state index in [0.717, 1.165) is 72.1 Å². The van der Waals surface area contributed by atoms with Crippen LogP contribution in [0.1, 0.15) is 25.7 Å². The van der Waals surface area contributed by atoms with Gasteiger partial charge in [-0.1, -0.05) is 6.07 Å². The molecule has 1 saturated heterocycles. The molecule has 0 aliphatic carbocycles. The van der Waals surface area contributed by atoms with Crippen LogP contribution in [0, 0.1) is 0 Å². The average molecular weight is 461 g/mol. The SMILES string of the molecule is CN(C)CCCOc1ccc(-c2ccc3ncn4c(c(N5CCCCC5)c(=O)n4C)c3c2)cn1. The molecule has 1 aliphatic heterocycles. The number of piperidine rings is 1. The van der Waals surface area contributed by atoms with E-state index in [1.807, 2.05) is 28.9 Å². The molecule has 178 valence electrons. The fourth-order valence-electron chi connectivity index (χ4n) is 4.73. The number of anilines is 1. The molecule has 0 spiro atoms. The van der Waals surface area contributed by atoms with E-state index >= 15 is 0 Å². The molecule has 8 nitrogen and oxygen atoms in total. The van der Waals surface area contributed by atoms with Gasteiger partial charge in [-0.05, 0) is 63.5 Å². The van der Waals surface area contributed by atoms with Crippen LogP contribution in [0.15, 0.2) is 47.7 Å². The lowest BCUT2D eigenvalue weighted by molar-refractivity contribution is 0.273. The molecular formula is C26H32N6O2. The highest BCUT2D eigenvalue weighted by atomic mass is 16.5. The third kappa shape index (κ3) is 4.25. The molecule has 1 aliphatic rings. The van der Waals surface area contributed by atoms with Crippen molar-refractivity contribution in [2.75, 3.05) is 45.2 Å². The Labute approximate surface area is 199 Å². The van der Waals surface area contributed by atoms with E-state index in [1.165, 1.54) is 6.42 Å². The molecule has 34 heavy (non-hydrogen) atoms. The topological polar surface area (TPSA) is 67.9 Å². The molecule has 0 N–H and O–H groups in total. The predicted molar refractivity (Wildman–Crippen MR) is 136 cm³/mol. The second-order valence-corrected chi connectivity index (χ2v) is 9.29. The average Bonchev–Trinajstić information content (AvgIpc) is 3.12. The summed E-state index contributed by atoms with van der Waals surface area (Å²) in [5.41, 5.74) is 4.65. The highest BCUT2D eigenvalue weighted by Gasteiger charge is 2.23. The molecule has 0 bridgehead atoms. The number of aryl methyl sites for hydroxylation is 1. The van der Waals surface area contributed by atoms with Crippen LogP contribution in [0.3, 0.4) is 0 Å². The zero-order chi connectivity index (χ0) is 23.7. The van der Waals surface area contributed by atoms with Crippen LogP contribution in [-0.4, -0.2) is 64.4 Å². The summed E-state index contributed by atoms with van der Waals surface area (Å²) in [6.07, 6.45) is 8.00. The van der Waals surface area contributed by atoms with Gasteiger partial charge < -0.3 is 14.5 Å². The zero-order valence-corrected chi connectivity index (χ0v) is 20.2. The van der Waals surface area contributed by atoms with E-state index in [0.29, 0.717) is 12.5 Å². The minimum Gasteiger partial charge on any atom is -0.478 e. The van der Waals surface area contributed by atoms with E-state index in [-0.39, 0.29) is 5.56 Å². The van der Waals surface area contributed by atoms with Gasteiger partial charge in [-0.3, -0.25) is 4.79 Å². The number of nitrogens with zero attached hydrogens (tertiary/aromatic N) is 6. The molecule has 5 rings (SSSR count). The third-order valence-electron chi connectivity index (χ3n) is 6.57. The first-order chi connectivity index (χ1) is 16.5. The van der Waals surface area contributed by atoms with Crippen molar-refractivity contribution in [3.8, 4) is 17.0 Å². The van der Waals surface area contributed by atoms with Crippen molar-refractivity contribution in [2.24, 2.45) is 7.05 Å². The van der Waals surface area contributed by atoms with Gasteiger partial charge in [-0.25, -0.2) is 19.2 Å². The summed E-state index contributed by atoms with van der Waals surface area (Å²) in [5, 5.41) is 0.974. The van der Waals surface area contributed by atoms with Crippen LogP contribution in [0.2, 0.25) is 0 Å². The lowest BCUT2D eigenvalue weighted by Gasteiger charge is -2.27. The molecule has 4 aromatic rings.